The van der Waals surface area contributed by atoms with E-state index in [1.165, 1.54) is 0 Å². The molecule has 0 spiro atoms. The normalized spacial score (nSPS) is 20.2. The van der Waals surface area contributed by atoms with Crippen molar-refractivity contribution < 1.29 is 0 Å². The fraction of sp³-hybridized carbons (Fsp3) is 1.00. The Balaban J connectivity index is 2.29. The van der Waals surface area contributed by atoms with Gasteiger partial charge in [0.2, 0.25) is 0 Å². The Hall–Kier alpha value is -0.160. The van der Waals surface area contributed by atoms with Crippen LogP contribution >= 0.6 is 0 Å². The molecule has 1 saturated heterocycles. The first kappa shape index (κ1) is 9.92. The predicted octanol–water partition coefficient (Wildman–Crippen LogP) is -0.913. The van der Waals surface area contributed by atoms with Gasteiger partial charge in [-0.1, -0.05) is 6.92 Å². The molecule has 0 bridgehead atoms. The van der Waals surface area contributed by atoms with Crippen LogP contribution < -0.4 is 11.1 Å². The predicted molar refractivity (Wildman–Crippen MR) is 50.7 cm³/mol. The van der Waals surface area contributed by atoms with E-state index in [9.17, 15) is 0 Å². The molecule has 3 N–H and O–H groups in total. The maximum Gasteiger partial charge on any atom is 0.0259 e. The number of nitrogens with one attached hydrogen (secondary N) is 1. The third-order valence-electron chi connectivity index (χ3n) is 2.25. The highest BCUT2D eigenvalue weighted by molar-refractivity contribution is 4.66. The first-order chi connectivity index (χ1) is 5.88. The molecule has 0 aromatic heterocycles. The van der Waals surface area contributed by atoms with Crippen LogP contribution in [-0.2, 0) is 0 Å². The molecule has 4 heteroatoms. The van der Waals surface area contributed by atoms with Gasteiger partial charge in [0.05, 0.1) is 0 Å². The Morgan fingerprint density at radius 2 is 2.08 bits per heavy atom. The molecular weight excluding hydrogens is 152 g/mol. The van der Waals surface area contributed by atoms with E-state index < -0.39 is 0 Å². The molecule has 0 radical (unpaired) electrons. The van der Waals surface area contributed by atoms with Gasteiger partial charge in [-0.05, 0) is 0 Å². The molecule has 0 aromatic carbocycles. The van der Waals surface area contributed by atoms with Crippen molar-refractivity contribution in [2.24, 2.45) is 5.73 Å². The SMILES string of the molecule is CCN(CCN)N1CCNCC1. The Morgan fingerprint density at radius 3 is 2.58 bits per heavy atom. The molecular formula is C8H20N4. The first-order valence-electron chi connectivity index (χ1n) is 4.79. The van der Waals surface area contributed by atoms with Crippen LogP contribution in [0.5, 0.6) is 0 Å². The molecule has 4 nitrogen and oxygen atoms in total. The minimum atomic E-state index is 0.748. The minimum Gasteiger partial charge on any atom is -0.329 e. The zero-order chi connectivity index (χ0) is 8.81. The van der Waals surface area contributed by atoms with E-state index in [1.807, 2.05) is 0 Å². The highest BCUT2D eigenvalue weighted by atomic mass is 15.6. The topological polar surface area (TPSA) is 44.5 Å². The molecule has 12 heavy (non-hydrogen) atoms. The molecule has 0 aromatic rings. The third kappa shape index (κ3) is 2.71. The largest absolute Gasteiger partial charge is 0.329 e. The molecule has 0 unspecified atom stereocenters. The molecule has 72 valence electrons. The third-order valence-corrected chi connectivity index (χ3v) is 2.25. The van der Waals surface area contributed by atoms with Gasteiger partial charge in [0.1, 0.15) is 0 Å². The molecule has 1 aliphatic heterocycles. The second-order valence-corrected chi connectivity index (χ2v) is 3.04. The molecule has 0 amide bonds. The number of piperazine rings is 1. The lowest BCUT2D eigenvalue weighted by Gasteiger charge is -2.36. The molecule has 0 saturated carbocycles. The Morgan fingerprint density at radius 1 is 1.42 bits per heavy atom. The summed E-state index contributed by atoms with van der Waals surface area (Å²) in [6.07, 6.45) is 0. The summed E-state index contributed by atoms with van der Waals surface area (Å²) in [5.74, 6) is 0. The number of nitrogens with two attached hydrogens (primary N) is 1. The number of hydrogen-bond acceptors (Lipinski definition) is 4. The van der Waals surface area contributed by atoms with Gasteiger partial charge >= 0.3 is 0 Å². The van der Waals surface area contributed by atoms with Gasteiger partial charge in [-0.15, -0.1) is 0 Å². The smallest absolute Gasteiger partial charge is 0.0259 e. The van der Waals surface area contributed by atoms with Gasteiger partial charge < -0.3 is 11.1 Å². The maximum absolute atomic E-state index is 5.53. The van der Waals surface area contributed by atoms with Gasteiger partial charge in [-0.25, -0.2) is 10.0 Å². The van der Waals surface area contributed by atoms with E-state index in [1.54, 1.807) is 0 Å². The van der Waals surface area contributed by atoms with Crippen molar-refractivity contribution in [1.82, 2.24) is 15.3 Å². The molecule has 0 atom stereocenters. The number of rotatable bonds is 4. The average molecular weight is 172 g/mol. The van der Waals surface area contributed by atoms with E-state index in [4.69, 9.17) is 5.73 Å². The van der Waals surface area contributed by atoms with Gasteiger partial charge in [-0.3, -0.25) is 0 Å². The summed E-state index contributed by atoms with van der Waals surface area (Å²) in [5.41, 5.74) is 5.53. The standard InChI is InChI=1S/C8H20N4/c1-2-11(6-3-9)12-7-4-10-5-8-12/h10H,2-9H2,1H3. The van der Waals surface area contributed by atoms with Crippen LogP contribution in [0.25, 0.3) is 0 Å². The van der Waals surface area contributed by atoms with Crippen LogP contribution in [0, 0.1) is 0 Å². The van der Waals surface area contributed by atoms with Gasteiger partial charge in [0.25, 0.3) is 0 Å². The quantitative estimate of drug-likeness (QED) is 0.576. The average Bonchev–Trinajstić information content (AvgIpc) is 2.15. The summed E-state index contributed by atoms with van der Waals surface area (Å²) in [4.78, 5) is 0. The lowest BCUT2D eigenvalue weighted by Crippen LogP contribution is -2.53. The van der Waals surface area contributed by atoms with Crippen molar-refractivity contribution in [2.45, 2.75) is 6.92 Å². The summed E-state index contributed by atoms with van der Waals surface area (Å²) in [6, 6.07) is 0. The van der Waals surface area contributed by atoms with Crippen LogP contribution in [0.3, 0.4) is 0 Å². The number of nitrogens with zero attached hydrogens (tertiary/aromatic N) is 2. The summed E-state index contributed by atoms with van der Waals surface area (Å²) in [7, 11) is 0. The minimum absolute atomic E-state index is 0.748. The summed E-state index contributed by atoms with van der Waals surface area (Å²) >= 11 is 0. The van der Waals surface area contributed by atoms with E-state index >= 15 is 0 Å². The molecule has 1 fully saturated rings. The maximum atomic E-state index is 5.53. The van der Waals surface area contributed by atoms with Gasteiger partial charge in [0, 0.05) is 45.8 Å². The van der Waals surface area contributed by atoms with Crippen LogP contribution in [0.4, 0.5) is 0 Å². The Kier molecular flexibility index (Phi) is 4.53. The number of hydrazine groups is 1. The molecule has 1 aliphatic rings. The zero-order valence-electron chi connectivity index (χ0n) is 7.92. The van der Waals surface area contributed by atoms with E-state index in [-0.39, 0.29) is 0 Å². The van der Waals surface area contributed by atoms with Crippen LogP contribution in [0.1, 0.15) is 6.92 Å². The van der Waals surface area contributed by atoms with Crippen molar-refractivity contribution in [3.8, 4) is 0 Å². The highest BCUT2D eigenvalue weighted by Crippen LogP contribution is 1.98. The van der Waals surface area contributed by atoms with Crippen molar-refractivity contribution in [3.05, 3.63) is 0 Å². The summed E-state index contributed by atoms with van der Waals surface area (Å²) in [6.45, 7) is 9.41. The molecule has 0 aliphatic carbocycles. The second kappa shape index (κ2) is 5.48. The number of likely N-dealkylation sites (N-methyl/N-ethyl adjacent to an activating group) is 1. The van der Waals surface area contributed by atoms with Gasteiger partial charge in [0.15, 0.2) is 0 Å². The lowest BCUT2D eigenvalue weighted by atomic mass is 10.4. The van der Waals surface area contributed by atoms with E-state index in [0.717, 1.165) is 45.8 Å². The first-order valence-corrected chi connectivity index (χ1v) is 4.79. The zero-order valence-corrected chi connectivity index (χ0v) is 7.92. The Labute approximate surface area is 74.7 Å². The van der Waals surface area contributed by atoms with E-state index in [0.29, 0.717) is 0 Å². The highest BCUT2D eigenvalue weighted by Gasteiger charge is 2.14. The fourth-order valence-electron chi connectivity index (χ4n) is 1.58. The van der Waals surface area contributed by atoms with Crippen molar-refractivity contribution in [2.75, 3.05) is 45.8 Å². The lowest BCUT2D eigenvalue weighted by molar-refractivity contribution is -0.0270. The number of hydrogen-bond donors (Lipinski definition) is 2. The fourth-order valence-corrected chi connectivity index (χ4v) is 1.58. The monoisotopic (exact) mass is 172 g/mol. The second-order valence-electron chi connectivity index (χ2n) is 3.04. The van der Waals surface area contributed by atoms with Gasteiger partial charge in [-0.2, -0.15) is 0 Å². The molecule has 1 heterocycles. The summed E-state index contributed by atoms with van der Waals surface area (Å²) < 4.78 is 0. The van der Waals surface area contributed by atoms with Crippen LogP contribution in [0.2, 0.25) is 0 Å². The molecule has 1 rings (SSSR count). The van der Waals surface area contributed by atoms with Crippen LogP contribution in [0.15, 0.2) is 0 Å². The van der Waals surface area contributed by atoms with Crippen molar-refractivity contribution in [1.29, 1.82) is 0 Å². The van der Waals surface area contributed by atoms with Crippen LogP contribution in [-0.4, -0.2) is 55.8 Å². The van der Waals surface area contributed by atoms with Crippen molar-refractivity contribution in [3.63, 3.8) is 0 Å². The van der Waals surface area contributed by atoms with E-state index in [2.05, 4.69) is 22.3 Å². The van der Waals surface area contributed by atoms with Crippen molar-refractivity contribution >= 4 is 0 Å². The summed E-state index contributed by atoms with van der Waals surface area (Å²) in [5, 5.41) is 8.06. The Bertz CT molecular complexity index is 109.